The first-order valence-corrected chi connectivity index (χ1v) is 7.01. The Hall–Kier alpha value is -0.880. The summed E-state index contributed by atoms with van der Waals surface area (Å²) in [6.07, 6.45) is 5.55. The van der Waals surface area contributed by atoms with E-state index in [0.717, 1.165) is 31.6 Å². The van der Waals surface area contributed by atoms with Crippen LogP contribution in [-0.2, 0) is 0 Å². The predicted molar refractivity (Wildman–Crippen MR) is 75.2 cm³/mol. The summed E-state index contributed by atoms with van der Waals surface area (Å²) in [6, 6.07) is 0. The molecule has 1 aliphatic rings. The molecule has 100 valence electrons. The zero-order valence-corrected chi connectivity index (χ0v) is 12.1. The van der Waals surface area contributed by atoms with Crippen molar-refractivity contribution in [3.8, 4) is 0 Å². The van der Waals surface area contributed by atoms with Crippen LogP contribution in [0.5, 0.6) is 0 Å². The minimum absolute atomic E-state index is 0.107. The first kappa shape index (κ1) is 13.5. The molecule has 1 fully saturated rings. The fourth-order valence-corrected chi connectivity index (χ4v) is 2.66. The first-order valence-electron chi connectivity index (χ1n) is 6.21. The van der Waals surface area contributed by atoms with Gasteiger partial charge in [0, 0.05) is 0 Å². The minimum Gasteiger partial charge on any atom is -0.394 e. The topological polar surface area (TPSA) is 84.1 Å². The van der Waals surface area contributed by atoms with E-state index in [-0.39, 0.29) is 12.1 Å². The summed E-state index contributed by atoms with van der Waals surface area (Å²) < 4.78 is 0.663. The van der Waals surface area contributed by atoms with Gasteiger partial charge in [0.05, 0.1) is 12.1 Å². The fraction of sp³-hybridized carbons (Fsp3) is 0.667. The number of halogens is 1. The Kier molecular flexibility index (Phi) is 4.07. The molecule has 1 saturated carbocycles. The zero-order valence-electron chi connectivity index (χ0n) is 10.5. The van der Waals surface area contributed by atoms with E-state index >= 15 is 0 Å². The summed E-state index contributed by atoms with van der Waals surface area (Å²) in [4.78, 5) is 8.10. The van der Waals surface area contributed by atoms with Crippen LogP contribution in [0.4, 0.5) is 11.6 Å². The maximum atomic E-state index is 9.70. The third kappa shape index (κ3) is 2.75. The lowest BCUT2D eigenvalue weighted by Gasteiger charge is -2.39. The van der Waals surface area contributed by atoms with Crippen molar-refractivity contribution in [1.29, 1.82) is 0 Å². The van der Waals surface area contributed by atoms with Gasteiger partial charge in [0.25, 0.3) is 0 Å². The number of rotatable bonds is 3. The van der Waals surface area contributed by atoms with E-state index in [0.29, 0.717) is 16.1 Å². The molecule has 0 saturated heterocycles. The number of hydrogen-bond donors (Lipinski definition) is 3. The van der Waals surface area contributed by atoms with E-state index in [4.69, 9.17) is 5.73 Å². The average molecular weight is 315 g/mol. The van der Waals surface area contributed by atoms with Gasteiger partial charge < -0.3 is 16.2 Å². The first-order chi connectivity index (χ1) is 8.56. The lowest BCUT2D eigenvalue weighted by molar-refractivity contribution is 0.155. The van der Waals surface area contributed by atoms with E-state index in [1.807, 2.05) is 0 Å². The molecular formula is C12H19BrN4O. The largest absolute Gasteiger partial charge is 0.394 e. The highest BCUT2D eigenvalue weighted by molar-refractivity contribution is 9.10. The van der Waals surface area contributed by atoms with Crippen LogP contribution in [0.2, 0.25) is 0 Å². The third-order valence-electron chi connectivity index (χ3n) is 3.73. The summed E-state index contributed by atoms with van der Waals surface area (Å²) in [5, 5.41) is 13.0. The molecule has 1 aliphatic carbocycles. The highest BCUT2D eigenvalue weighted by Crippen LogP contribution is 2.36. The smallest absolute Gasteiger partial charge is 0.146 e. The number of nitrogen functional groups attached to an aromatic ring is 1. The molecule has 0 unspecified atom stereocenters. The summed E-state index contributed by atoms with van der Waals surface area (Å²) in [7, 11) is 0. The second-order valence-electron chi connectivity index (χ2n) is 5.17. The van der Waals surface area contributed by atoms with Gasteiger partial charge in [-0.1, -0.05) is 6.92 Å². The Morgan fingerprint density at radius 1 is 1.50 bits per heavy atom. The zero-order chi connectivity index (χ0) is 13.2. The fourth-order valence-electron chi connectivity index (χ4n) is 2.36. The molecule has 0 spiro atoms. The molecule has 5 nitrogen and oxygen atoms in total. The number of aliphatic hydroxyl groups excluding tert-OH is 1. The van der Waals surface area contributed by atoms with Gasteiger partial charge in [-0.05, 0) is 47.5 Å². The third-order valence-corrected chi connectivity index (χ3v) is 4.52. The predicted octanol–water partition coefficient (Wildman–Crippen LogP) is 2.17. The standard InChI is InChI=1S/C12H19BrN4O/c1-8-2-4-12(6-18,5-3-8)17-11-9(13)10(14)15-7-16-11/h7-8,18H,2-6H2,1H3,(H3,14,15,16,17). The van der Waals surface area contributed by atoms with Crippen molar-refractivity contribution < 1.29 is 5.11 Å². The highest BCUT2D eigenvalue weighted by atomic mass is 79.9. The molecule has 1 heterocycles. The number of aliphatic hydroxyl groups is 1. The van der Waals surface area contributed by atoms with Crippen LogP contribution in [0.25, 0.3) is 0 Å². The molecule has 1 aromatic rings. The van der Waals surface area contributed by atoms with Crippen molar-refractivity contribution >= 4 is 27.6 Å². The number of hydrogen-bond acceptors (Lipinski definition) is 5. The Morgan fingerprint density at radius 2 is 2.17 bits per heavy atom. The van der Waals surface area contributed by atoms with Crippen LogP contribution in [0, 0.1) is 5.92 Å². The maximum Gasteiger partial charge on any atom is 0.146 e. The number of aromatic nitrogens is 2. The van der Waals surface area contributed by atoms with Gasteiger partial charge in [0.15, 0.2) is 0 Å². The number of nitrogens with two attached hydrogens (primary N) is 1. The van der Waals surface area contributed by atoms with Crippen LogP contribution in [-0.4, -0.2) is 27.2 Å². The van der Waals surface area contributed by atoms with Gasteiger partial charge in [-0.15, -0.1) is 0 Å². The Bertz CT molecular complexity index is 419. The summed E-state index contributed by atoms with van der Waals surface area (Å²) in [6.45, 7) is 2.36. The van der Waals surface area contributed by atoms with Gasteiger partial charge in [-0.3, -0.25) is 0 Å². The Labute approximate surface area is 115 Å². The molecule has 4 N–H and O–H groups in total. The van der Waals surface area contributed by atoms with E-state index in [2.05, 4.69) is 38.1 Å². The average Bonchev–Trinajstić information content (AvgIpc) is 2.38. The lowest BCUT2D eigenvalue weighted by atomic mass is 9.77. The molecule has 18 heavy (non-hydrogen) atoms. The maximum absolute atomic E-state index is 9.70. The molecule has 0 aromatic carbocycles. The SMILES string of the molecule is CC1CCC(CO)(Nc2ncnc(N)c2Br)CC1. The summed E-state index contributed by atoms with van der Waals surface area (Å²) >= 11 is 3.38. The van der Waals surface area contributed by atoms with Crippen molar-refractivity contribution in [2.24, 2.45) is 5.92 Å². The van der Waals surface area contributed by atoms with Crippen LogP contribution in [0.3, 0.4) is 0 Å². The van der Waals surface area contributed by atoms with Gasteiger partial charge in [-0.25, -0.2) is 9.97 Å². The van der Waals surface area contributed by atoms with Crippen LogP contribution >= 0.6 is 15.9 Å². The quantitative estimate of drug-likeness (QED) is 0.796. The number of nitrogens with zero attached hydrogens (tertiary/aromatic N) is 2. The molecule has 0 bridgehead atoms. The van der Waals surface area contributed by atoms with Crippen molar-refractivity contribution in [2.75, 3.05) is 17.7 Å². The molecule has 0 aliphatic heterocycles. The lowest BCUT2D eigenvalue weighted by Crippen LogP contribution is -2.45. The van der Waals surface area contributed by atoms with Crippen molar-refractivity contribution in [3.05, 3.63) is 10.8 Å². The van der Waals surface area contributed by atoms with Crippen LogP contribution in [0.1, 0.15) is 32.6 Å². The van der Waals surface area contributed by atoms with Crippen molar-refractivity contribution in [2.45, 2.75) is 38.1 Å². The monoisotopic (exact) mass is 314 g/mol. The normalized spacial score (nSPS) is 28.1. The molecule has 0 atom stereocenters. The molecule has 6 heteroatoms. The van der Waals surface area contributed by atoms with Gasteiger partial charge >= 0.3 is 0 Å². The molecular weight excluding hydrogens is 296 g/mol. The molecule has 0 amide bonds. The summed E-state index contributed by atoms with van der Waals surface area (Å²) in [5.41, 5.74) is 5.45. The molecule has 0 radical (unpaired) electrons. The van der Waals surface area contributed by atoms with Gasteiger partial charge in [0.1, 0.15) is 22.4 Å². The minimum atomic E-state index is -0.282. The van der Waals surface area contributed by atoms with Crippen LogP contribution in [0.15, 0.2) is 10.8 Å². The summed E-state index contributed by atoms with van der Waals surface area (Å²) in [5.74, 6) is 1.79. The van der Waals surface area contributed by atoms with E-state index in [1.54, 1.807) is 0 Å². The number of nitrogens with one attached hydrogen (secondary N) is 1. The number of anilines is 2. The second-order valence-corrected chi connectivity index (χ2v) is 5.96. The Balaban J connectivity index is 2.17. The van der Waals surface area contributed by atoms with Crippen LogP contribution < -0.4 is 11.1 Å². The van der Waals surface area contributed by atoms with Gasteiger partial charge in [-0.2, -0.15) is 0 Å². The molecule has 2 rings (SSSR count). The van der Waals surface area contributed by atoms with E-state index < -0.39 is 0 Å². The van der Waals surface area contributed by atoms with E-state index in [9.17, 15) is 5.11 Å². The highest BCUT2D eigenvalue weighted by Gasteiger charge is 2.34. The van der Waals surface area contributed by atoms with Crippen molar-refractivity contribution in [1.82, 2.24) is 9.97 Å². The van der Waals surface area contributed by atoms with Gasteiger partial charge in [0.2, 0.25) is 0 Å². The Morgan fingerprint density at radius 3 is 2.78 bits per heavy atom. The van der Waals surface area contributed by atoms with Crippen molar-refractivity contribution in [3.63, 3.8) is 0 Å². The second kappa shape index (κ2) is 5.40. The van der Waals surface area contributed by atoms with E-state index in [1.165, 1.54) is 6.33 Å². The molecule has 1 aromatic heterocycles.